The summed E-state index contributed by atoms with van der Waals surface area (Å²) in [5, 5.41) is 3.33. The molecule has 1 saturated heterocycles. The predicted octanol–water partition coefficient (Wildman–Crippen LogP) is 2.06. The first kappa shape index (κ1) is 10.5. The number of nitrogens with one attached hydrogen (secondary N) is 2. The van der Waals surface area contributed by atoms with Gasteiger partial charge in [0.2, 0.25) is 0 Å². The standard InChI is InChI=1S/C13H12N4O/c18-13-14-16(11-7-3-1-4-8-11)17(15-13)12-9-5-2-6-10-12/h1-10H,(H2,14,15,18). The van der Waals surface area contributed by atoms with Crippen LogP contribution in [-0.2, 0) is 0 Å². The van der Waals surface area contributed by atoms with Crippen molar-refractivity contribution in [2.75, 3.05) is 10.2 Å². The van der Waals surface area contributed by atoms with Crippen molar-refractivity contribution >= 4 is 17.4 Å². The van der Waals surface area contributed by atoms with E-state index in [-0.39, 0.29) is 6.03 Å². The van der Waals surface area contributed by atoms with Gasteiger partial charge in [-0.2, -0.15) is 10.2 Å². The van der Waals surface area contributed by atoms with Gasteiger partial charge in [0.25, 0.3) is 0 Å². The molecule has 2 aromatic carbocycles. The van der Waals surface area contributed by atoms with E-state index in [0.29, 0.717) is 0 Å². The van der Waals surface area contributed by atoms with Gasteiger partial charge < -0.3 is 0 Å². The zero-order valence-electron chi connectivity index (χ0n) is 9.58. The molecule has 90 valence electrons. The van der Waals surface area contributed by atoms with Crippen LogP contribution in [0.5, 0.6) is 0 Å². The molecule has 0 atom stereocenters. The van der Waals surface area contributed by atoms with E-state index in [1.54, 1.807) is 10.2 Å². The SMILES string of the molecule is O=C1NN(c2ccccc2)N(c2ccccc2)N1. The second-order valence-corrected chi connectivity index (χ2v) is 3.85. The molecule has 2 N–H and O–H groups in total. The van der Waals surface area contributed by atoms with Crippen molar-refractivity contribution in [2.45, 2.75) is 0 Å². The summed E-state index contributed by atoms with van der Waals surface area (Å²) in [4.78, 5) is 11.5. The number of amides is 2. The molecule has 0 bridgehead atoms. The van der Waals surface area contributed by atoms with Gasteiger partial charge in [-0.05, 0) is 24.3 Å². The normalized spacial score (nSPS) is 14.3. The average Bonchev–Trinajstić information content (AvgIpc) is 2.83. The van der Waals surface area contributed by atoms with E-state index in [1.807, 2.05) is 60.7 Å². The van der Waals surface area contributed by atoms with E-state index < -0.39 is 0 Å². The van der Waals surface area contributed by atoms with Crippen LogP contribution < -0.4 is 21.1 Å². The highest BCUT2D eigenvalue weighted by atomic mass is 16.2. The van der Waals surface area contributed by atoms with E-state index in [1.165, 1.54) is 0 Å². The minimum atomic E-state index is -0.261. The van der Waals surface area contributed by atoms with Gasteiger partial charge in [0.15, 0.2) is 0 Å². The van der Waals surface area contributed by atoms with Crippen molar-refractivity contribution in [1.82, 2.24) is 10.9 Å². The summed E-state index contributed by atoms with van der Waals surface area (Å²) in [6.45, 7) is 0. The van der Waals surface area contributed by atoms with Crippen molar-refractivity contribution < 1.29 is 4.79 Å². The molecule has 3 rings (SSSR count). The van der Waals surface area contributed by atoms with E-state index in [0.717, 1.165) is 11.4 Å². The number of hydrazine groups is 3. The highest BCUT2D eigenvalue weighted by Crippen LogP contribution is 2.21. The largest absolute Gasteiger partial charge is 0.355 e. The molecule has 5 heteroatoms. The van der Waals surface area contributed by atoms with Crippen molar-refractivity contribution in [1.29, 1.82) is 0 Å². The Kier molecular flexibility index (Phi) is 2.49. The number of para-hydroxylation sites is 2. The molecule has 0 aromatic heterocycles. The fourth-order valence-electron chi connectivity index (χ4n) is 1.82. The maximum atomic E-state index is 11.5. The molecule has 0 saturated carbocycles. The molecular weight excluding hydrogens is 228 g/mol. The molecule has 1 heterocycles. The molecular formula is C13H12N4O. The third-order valence-electron chi connectivity index (χ3n) is 2.62. The number of nitrogens with zero attached hydrogens (tertiary/aromatic N) is 2. The zero-order valence-corrected chi connectivity index (χ0v) is 9.58. The van der Waals surface area contributed by atoms with Crippen molar-refractivity contribution in [3.63, 3.8) is 0 Å². The van der Waals surface area contributed by atoms with Crippen molar-refractivity contribution in [2.24, 2.45) is 0 Å². The summed E-state index contributed by atoms with van der Waals surface area (Å²) in [5.41, 5.74) is 7.21. The van der Waals surface area contributed by atoms with Crippen LogP contribution in [0.4, 0.5) is 16.2 Å². The second kappa shape index (κ2) is 4.29. The molecule has 5 nitrogen and oxygen atoms in total. The van der Waals surface area contributed by atoms with Crippen LogP contribution in [0.15, 0.2) is 60.7 Å². The lowest BCUT2D eigenvalue weighted by Crippen LogP contribution is -2.45. The lowest BCUT2D eigenvalue weighted by Gasteiger charge is -2.27. The Bertz CT molecular complexity index is 494. The number of rotatable bonds is 2. The Balaban J connectivity index is 1.96. The summed E-state index contributed by atoms with van der Waals surface area (Å²) < 4.78 is 0. The Labute approximate surface area is 105 Å². The monoisotopic (exact) mass is 240 g/mol. The van der Waals surface area contributed by atoms with E-state index >= 15 is 0 Å². The van der Waals surface area contributed by atoms with Crippen LogP contribution in [0.1, 0.15) is 0 Å². The van der Waals surface area contributed by atoms with Crippen molar-refractivity contribution in [3.8, 4) is 0 Å². The first-order valence-corrected chi connectivity index (χ1v) is 5.62. The molecule has 2 amide bonds. The Hall–Kier alpha value is -2.69. The molecule has 1 aliphatic rings. The predicted molar refractivity (Wildman–Crippen MR) is 69.5 cm³/mol. The average molecular weight is 240 g/mol. The summed E-state index contributed by atoms with van der Waals surface area (Å²) in [6.07, 6.45) is 0. The highest BCUT2D eigenvalue weighted by molar-refractivity contribution is 5.83. The van der Waals surface area contributed by atoms with E-state index in [2.05, 4.69) is 10.9 Å². The van der Waals surface area contributed by atoms with Crippen LogP contribution in [-0.4, -0.2) is 6.03 Å². The summed E-state index contributed by atoms with van der Waals surface area (Å²) >= 11 is 0. The third-order valence-corrected chi connectivity index (χ3v) is 2.62. The zero-order chi connectivity index (χ0) is 12.4. The number of hydrogen-bond donors (Lipinski definition) is 2. The Morgan fingerprint density at radius 1 is 0.667 bits per heavy atom. The molecule has 2 aromatic rings. The maximum absolute atomic E-state index is 11.5. The first-order valence-electron chi connectivity index (χ1n) is 5.62. The minimum absolute atomic E-state index is 0.261. The molecule has 0 spiro atoms. The van der Waals surface area contributed by atoms with Gasteiger partial charge in [0, 0.05) is 0 Å². The topological polar surface area (TPSA) is 47.6 Å². The summed E-state index contributed by atoms with van der Waals surface area (Å²) in [6, 6.07) is 19.0. The number of urea groups is 1. The number of hydrogen-bond acceptors (Lipinski definition) is 3. The van der Waals surface area contributed by atoms with Crippen LogP contribution >= 0.6 is 0 Å². The molecule has 0 unspecified atom stereocenters. The molecule has 0 radical (unpaired) electrons. The lowest BCUT2D eigenvalue weighted by molar-refractivity contribution is 0.248. The van der Waals surface area contributed by atoms with Crippen LogP contribution in [0, 0.1) is 0 Å². The number of anilines is 2. The number of carbonyl (C=O) groups is 1. The van der Waals surface area contributed by atoms with Crippen LogP contribution in [0.25, 0.3) is 0 Å². The third kappa shape index (κ3) is 1.82. The first-order chi connectivity index (χ1) is 8.84. The molecule has 1 fully saturated rings. The maximum Gasteiger partial charge on any atom is 0.355 e. The Morgan fingerprint density at radius 2 is 1.06 bits per heavy atom. The van der Waals surface area contributed by atoms with Crippen LogP contribution in [0.3, 0.4) is 0 Å². The van der Waals surface area contributed by atoms with Gasteiger partial charge in [0.1, 0.15) is 0 Å². The highest BCUT2D eigenvalue weighted by Gasteiger charge is 2.27. The van der Waals surface area contributed by atoms with E-state index in [4.69, 9.17) is 0 Å². The van der Waals surface area contributed by atoms with E-state index in [9.17, 15) is 4.79 Å². The van der Waals surface area contributed by atoms with Gasteiger partial charge in [-0.3, -0.25) is 0 Å². The van der Waals surface area contributed by atoms with Gasteiger partial charge in [0.05, 0.1) is 11.4 Å². The minimum Gasteiger partial charge on any atom is -0.245 e. The summed E-state index contributed by atoms with van der Waals surface area (Å²) in [5.74, 6) is 0. The number of carbonyl (C=O) groups excluding carboxylic acids is 1. The summed E-state index contributed by atoms with van der Waals surface area (Å²) in [7, 11) is 0. The van der Waals surface area contributed by atoms with Crippen molar-refractivity contribution in [3.05, 3.63) is 60.7 Å². The molecule has 1 aliphatic heterocycles. The number of benzene rings is 2. The second-order valence-electron chi connectivity index (χ2n) is 3.85. The van der Waals surface area contributed by atoms with Gasteiger partial charge in [-0.25, -0.2) is 15.6 Å². The van der Waals surface area contributed by atoms with Gasteiger partial charge in [-0.1, -0.05) is 36.4 Å². The smallest absolute Gasteiger partial charge is 0.245 e. The Morgan fingerprint density at radius 3 is 1.44 bits per heavy atom. The fourth-order valence-corrected chi connectivity index (χ4v) is 1.82. The quantitative estimate of drug-likeness (QED) is 0.844. The fraction of sp³-hybridized carbons (Fsp3) is 0. The molecule has 18 heavy (non-hydrogen) atoms. The molecule has 0 aliphatic carbocycles. The lowest BCUT2D eigenvalue weighted by atomic mass is 10.3. The van der Waals surface area contributed by atoms with Gasteiger partial charge in [-0.15, -0.1) is 0 Å². The van der Waals surface area contributed by atoms with Gasteiger partial charge >= 0.3 is 6.03 Å². The van der Waals surface area contributed by atoms with Crippen LogP contribution in [0.2, 0.25) is 0 Å².